The fourth-order valence-electron chi connectivity index (χ4n) is 3.35. The first-order valence-electron chi connectivity index (χ1n) is 8.78. The van der Waals surface area contributed by atoms with Gasteiger partial charge in [0.2, 0.25) is 0 Å². The lowest BCUT2D eigenvalue weighted by Crippen LogP contribution is -2.09. The van der Waals surface area contributed by atoms with Gasteiger partial charge in [-0.15, -0.1) is 11.3 Å². The molecule has 0 bridgehead atoms. The van der Waals surface area contributed by atoms with Crippen LogP contribution >= 0.6 is 11.3 Å². The van der Waals surface area contributed by atoms with Gasteiger partial charge in [-0.25, -0.2) is 4.98 Å². The molecule has 0 radical (unpaired) electrons. The Balaban J connectivity index is 2.14. The van der Waals surface area contributed by atoms with E-state index in [0.29, 0.717) is 5.75 Å². The summed E-state index contributed by atoms with van der Waals surface area (Å²) in [5, 5.41) is 10.3. The van der Waals surface area contributed by atoms with Gasteiger partial charge < -0.3 is 9.84 Å². The third-order valence-corrected chi connectivity index (χ3v) is 5.64. The minimum absolute atomic E-state index is 0.0281. The van der Waals surface area contributed by atoms with E-state index in [1.165, 1.54) is 22.5 Å². The lowest BCUT2D eigenvalue weighted by Gasteiger charge is -2.18. The molecule has 1 unspecified atom stereocenters. The largest absolute Gasteiger partial charge is 0.496 e. The number of rotatable bonds is 6. The first-order valence-corrected chi connectivity index (χ1v) is 9.60. The molecule has 4 nitrogen and oxygen atoms in total. The summed E-state index contributed by atoms with van der Waals surface area (Å²) in [5.74, 6) is -0.517. The van der Waals surface area contributed by atoms with Gasteiger partial charge in [0.1, 0.15) is 10.8 Å². The van der Waals surface area contributed by atoms with E-state index in [9.17, 15) is 9.90 Å². The zero-order valence-electron chi connectivity index (χ0n) is 15.9. The van der Waals surface area contributed by atoms with Gasteiger partial charge in [0.15, 0.2) is 0 Å². The van der Waals surface area contributed by atoms with E-state index in [2.05, 4.69) is 37.0 Å². The predicted molar refractivity (Wildman–Crippen MR) is 109 cm³/mol. The SMILES string of the molecule is COc1ccc(-c2ccc(C)cc2C)cc1C(CC(=O)O)c1ncc(C)s1. The van der Waals surface area contributed by atoms with Crippen LogP contribution in [0.5, 0.6) is 5.75 Å². The van der Waals surface area contributed by atoms with Crippen LogP contribution in [-0.4, -0.2) is 23.2 Å². The smallest absolute Gasteiger partial charge is 0.304 e. The molecule has 0 aliphatic carbocycles. The Bertz CT molecular complexity index is 977. The fraction of sp³-hybridized carbons (Fsp3) is 0.273. The molecule has 0 amide bonds. The van der Waals surface area contributed by atoms with Gasteiger partial charge in [0.25, 0.3) is 0 Å². The number of hydrogen-bond donors (Lipinski definition) is 1. The number of ether oxygens (including phenoxy) is 1. The quantitative estimate of drug-likeness (QED) is 0.625. The molecule has 0 aliphatic rings. The molecule has 5 heteroatoms. The molecule has 0 saturated carbocycles. The Morgan fingerprint density at radius 3 is 2.56 bits per heavy atom. The number of thiazole rings is 1. The van der Waals surface area contributed by atoms with Crippen LogP contribution in [0.15, 0.2) is 42.6 Å². The molecule has 3 aromatic rings. The molecule has 27 heavy (non-hydrogen) atoms. The highest BCUT2D eigenvalue weighted by atomic mass is 32.1. The Morgan fingerprint density at radius 2 is 1.96 bits per heavy atom. The van der Waals surface area contributed by atoms with E-state index in [0.717, 1.165) is 26.6 Å². The topological polar surface area (TPSA) is 59.4 Å². The van der Waals surface area contributed by atoms with Gasteiger partial charge >= 0.3 is 5.97 Å². The zero-order valence-corrected chi connectivity index (χ0v) is 16.8. The van der Waals surface area contributed by atoms with Crippen molar-refractivity contribution in [3.63, 3.8) is 0 Å². The number of aryl methyl sites for hydroxylation is 3. The Hall–Kier alpha value is -2.66. The maximum absolute atomic E-state index is 11.5. The Kier molecular flexibility index (Phi) is 5.61. The van der Waals surface area contributed by atoms with Crippen LogP contribution in [0.25, 0.3) is 11.1 Å². The third-order valence-electron chi connectivity index (χ3n) is 4.61. The van der Waals surface area contributed by atoms with E-state index in [1.54, 1.807) is 13.3 Å². The summed E-state index contributed by atoms with van der Waals surface area (Å²) in [6, 6.07) is 12.3. The van der Waals surface area contributed by atoms with Gasteiger partial charge in [-0.3, -0.25) is 4.79 Å². The summed E-state index contributed by atoms with van der Waals surface area (Å²) >= 11 is 1.53. The predicted octanol–water partition coefficient (Wildman–Crippen LogP) is 5.35. The molecular weight excluding hydrogens is 358 g/mol. The van der Waals surface area contributed by atoms with Gasteiger partial charge in [0.05, 0.1) is 19.4 Å². The lowest BCUT2D eigenvalue weighted by molar-refractivity contribution is -0.137. The molecule has 0 aliphatic heterocycles. The molecule has 2 aromatic carbocycles. The van der Waals surface area contributed by atoms with Crippen LogP contribution < -0.4 is 4.74 Å². The van der Waals surface area contributed by atoms with Crippen molar-refractivity contribution in [2.24, 2.45) is 0 Å². The molecule has 3 rings (SSSR count). The van der Waals surface area contributed by atoms with Crippen molar-refractivity contribution in [3.8, 4) is 16.9 Å². The van der Waals surface area contributed by atoms with Crippen LogP contribution in [0.1, 0.15) is 38.9 Å². The average molecular weight is 381 g/mol. The van der Waals surface area contributed by atoms with E-state index in [1.807, 2.05) is 25.1 Å². The summed E-state index contributed by atoms with van der Waals surface area (Å²) in [6.45, 7) is 6.14. The molecular formula is C22H23NO3S. The summed E-state index contributed by atoms with van der Waals surface area (Å²) in [7, 11) is 1.61. The fourth-order valence-corrected chi connectivity index (χ4v) is 4.24. The number of aliphatic carboxylic acids is 1. The van der Waals surface area contributed by atoms with E-state index in [4.69, 9.17) is 4.74 Å². The van der Waals surface area contributed by atoms with E-state index in [-0.39, 0.29) is 12.3 Å². The number of hydrogen-bond acceptors (Lipinski definition) is 4. The number of benzene rings is 2. The van der Waals surface area contributed by atoms with Crippen molar-refractivity contribution in [1.29, 1.82) is 0 Å². The maximum Gasteiger partial charge on any atom is 0.304 e. The second-order valence-electron chi connectivity index (χ2n) is 6.73. The number of carbonyl (C=O) groups is 1. The van der Waals surface area contributed by atoms with Crippen molar-refractivity contribution < 1.29 is 14.6 Å². The summed E-state index contributed by atoms with van der Waals surface area (Å²) in [5.41, 5.74) is 5.44. The number of nitrogens with zero attached hydrogens (tertiary/aromatic N) is 1. The van der Waals surface area contributed by atoms with Crippen molar-refractivity contribution in [2.75, 3.05) is 7.11 Å². The molecule has 1 heterocycles. The Morgan fingerprint density at radius 1 is 1.19 bits per heavy atom. The second-order valence-corrected chi connectivity index (χ2v) is 8.00. The third kappa shape index (κ3) is 4.19. The van der Waals surface area contributed by atoms with Gasteiger partial charge in [-0.05, 0) is 49.6 Å². The second kappa shape index (κ2) is 7.92. The monoisotopic (exact) mass is 381 g/mol. The average Bonchev–Trinajstić information content (AvgIpc) is 3.05. The van der Waals surface area contributed by atoms with Crippen LogP contribution in [-0.2, 0) is 4.79 Å². The lowest BCUT2D eigenvalue weighted by atomic mass is 9.90. The molecule has 1 atom stereocenters. The first-order chi connectivity index (χ1) is 12.9. The van der Waals surface area contributed by atoms with Crippen LogP contribution in [0.4, 0.5) is 0 Å². The number of aromatic nitrogens is 1. The summed E-state index contributed by atoms with van der Waals surface area (Å²) in [4.78, 5) is 17.1. The molecule has 0 spiro atoms. The molecule has 1 N–H and O–H groups in total. The maximum atomic E-state index is 11.5. The van der Waals surface area contributed by atoms with Gasteiger partial charge in [-0.1, -0.05) is 29.8 Å². The van der Waals surface area contributed by atoms with E-state index >= 15 is 0 Å². The van der Waals surface area contributed by atoms with Crippen LogP contribution in [0, 0.1) is 20.8 Å². The standard InChI is InChI=1S/C22H23NO3S/c1-13-5-7-17(14(2)9-13)16-6-8-20(26-4)18(10-16)19(11-21(24)25)22-23-12-15(3)27-22/h5-10,12,19H,11H2,1-4H3,(H,24,25). The number of carboxylic acid groups (broad SMARTS) is 1. The minimum atomic E-state index is -0.855. The zero-order chi connectivity index (χ0) is 19.6. The summed E-state index contributed by atoms with van der Waals surface area (Å²) in [6.07, 6.45) is 1.76. The van der Waals surface area contributed by atoms with E-state index < -0.39 is 5.97 Å². The molecule has 140 valence electrons. The highest BCUT2D eigenvalue weighted by molar-refractivity contribution is 7.11. The highest BCUT2D eigenvalue weighted by Gasteiger charge is 2.25. The molecule has 0 fully saturated rings. The minimum Gasteiger partial charge on any atom is -0.496 e. The van der Waals surface area contributed by atoms with Gasteiger partial charge in [0, 0.05) is 16.6 Å². The first kappa shape index (κ1) is 19.1. The van der Waals surface area contributed by atoms with Crippen molar-refractivity contribution in [3.05, 3.63) is 69.2 Å². The number of carboxylic acids is 1. The van der Waals surface area contributed by atoms with Crippen LogP contribution in [0.2, 0.25) is 0 Å². The van der Waals surface area contributed by atoms with Crippen molar-refractivity contribution in [2.45, 2.75) is 33.1 Å². The Labute approximate surface area is 163 Å². The summed E-state index contributed by atoms with van der Waals surface area (Å²) < 4.78 is 5.56. The van der Waals surface area contributed by atoms with Gasteiger partial charge in [-0.2, -0.15) is 0 Å². The van der Waals surface area contributed by atoms with Crippen LogP contribution in [0.3, 0.4) is 0 Å². The van der Waals surface area contributed by atoms with Crippen molar-refractivity contribution >= 4 is 17.3 Å². The number of methoxy groups -OCH3 is 1. The molecule has 1 aromatic heterocycles. The van der Waals surface area contributed by atoms with Crippen molar-refractivity contribution in [1.82, 2.24) is 4.98 Å². The normalized spacial score (nSPS) is 12.0. The highest BCUT2D eigenvalue weighted by Crippen LogP contribution is 2.39. The molecule has 0 saturated heterocycles.